The Morgan fingerprint density at radius 3 is 2.45 bits per heavy atom. The third kappa shape index (κ3) is 5.05. The molecule has 31 heavy (non-hydrogen) atoms. The van der Waals surface area contributed by atoms with Gasteiger partial charge < -0.3 is 9.47 Å². The van der Waals surface area contributed by atoms with Crippen LogP contribution in [0.5, 0.6) is 5.75 Å². The fourth-order valence-electron chi connectivity index (χ4n) is 2.98. The number of rotatable bonds is 7. The summed E-state index contributed by atoms with van der Waals surface area (Å²) in [5.41, 5.74) is 2.52. The van der Waals surface area contributed by atoms with E-state index < -0.39 is 16.0 Å². The quantitative estimate of drug-likeness (QED) is 0.557. The van der Waals surface area contributed by atoms with E-state index in [9.17, 15) is 13.2 Å². The van der Waals surface area contributed by atoms with Crippen LogP contribution in [0.1, 0.15) is 35.3 Å². The minimum Gasteiger partial charge on any atom is -0.490 e. The molecule has 0 atom stereocenters. The zero-order valence-electron chi connectivity index (χ0n) is 18.0. The van der Waals surface area contributed by atoms with Crippen LogP contribution in [0.4, 0.5) is 5.69 Å². The number of aryl methyl sites for hydroxylation is 2. The van der Waals surface area contributed by atoms with Crippen LogP contribution in [0.15, 0.2) is 53.7 Å². The Hall–Kier alpha value is -3.33. The fraction of sp³-hybridized carbons (Fsp3) is 0.273. The minimum atomic E-state index is -4.05. The number of nitrogens with zero attached hydrogens (tertiary/aromatic N) is 2. The van der Waals surface area contributed by atoms with Crippen LogP contribution in [0.3, 0.4) is 0 Å². The Kier molecular flexibility index (Phi) is 6.35. The van der Waals surface area contributed by atoms with E-state index in [1.54, 1.807) is 49.6 Å². The van der Waals surface area contributed by atoms with Crippen molar-refractivity contribution in [3.63, 3.8) is 0 Å². The van der Waals surface area contributed by atoms with Gasteiger partial charge in [0.05, 0.1) is 36.3 Å². The van der Waals surface area contributed by atoms with Crippen molar-refractivity contribution in [2.45, 2.75) is 38.7 Å². The lowest BCUT2D eigenvalue weighted by Gasteiger charge is -2.18. The standard InChI is InChI=1S/C22H25N3O5S/c1-14(2)30-20-9-6-15(3)10-21(20)31(27,28)24-18-11-17(22(26)29-5)7-8-19(18)25-13-16(4)12-23-25/h6-14,24H,1-5H3. The van der Waals surface area contributed by atoms with E-state index in [1.807, 2.05) is 20.8 Å². The number of nitrogens with one attached hydrogen (secondary N) is 1. The Morgan fingerprint density at radius 2 is 1.84 bits per heavy atom. The SMILES string of the molecule is COC(=O)c1ccc(-n2cc(C)cn2)c(NS(=O)(=O)c2cc(C)ccc2OC(C)C)c1. The van der Waals surface area contributed by atoms with Gasteiger partial charge in [-0.05, 0) is 69.2 Å². The molecule has 0 saturated carbocycles. The van der Waals surface area contributed by atoms with E-state index in [-0.39, 0.29) is 28.0 Å². The first-order chi connectivity index (χ1) is 14.6. The predicted molar refractivity (Wildman–Crippen MR) is 117 cm³/mol. The second-order valence-corrected chi connectivity index (χ2v) is 9.06. The summed E-state index contributed by atoms with van der Waals surface area (Å²) in [4.78, 5) is 12.0. The fourth-order valence-corrected chi connectivity index (χ4v) is 4.27. The molecule has 0 fully saturated rings. The maximum absolute atomic E-state index is 13.4. The predicted octanol–water partition coefficient (Wildman–Crippen LogP) is 3.86. The summed E-state index contributed by atoms with van der Waals surface area (Å²) in [7, 11) is -2.79. The second-order valence-electron chi connectivity index (χ2n) is 7.41. The summed E-state index contributed by atoms with van der Waals surface area (Å²) in [5, 5.41) is 4.26. The Bertz CT molecular complexity index is 1220. The first-order valence-corrected chi connectivity index (χ1v) is 11.1. The van der Waals surface area contributed by atoms with E-state index in [1.165, 1.54) is 17.9 Å². The highest BCUT2D eigenvalue weighted by Crippen LogP contribution is 2.30. The molecule has 1 heterocycles. The summed E-state index contributed by atoms with van der Waals surface area (Å²) in [6.45, 7) is 7.32. The molecule has 0 amide bonds. The average molecular weight is 444 g/mol. The van der Waals surface area contributed by atoms with Crippen molar-refractivity contribution in [3.05, 3.63) is 65.5 Å². The van der Waals surface area contributed by atoms with Gasteiger partial charge in [0.1, 0.15) is 10.6 Å². The number of aromatic nitrogens is 2. The Balaban J connectivity index is 2.12. The van der Waals surface area contributed by atoms with Gasteiger partial charge in [-0.15, -0.1) is 0 Å². The number of hydrogen-bond acceptors (Lipinski definition) is 6. The maximum Gasteiger partial charge on any atom is 0.337 e. The molecule has 0 aliphatic carbocycles. The normalized spacial score (nSPS) is 11.4. The highest BCUT2D eigenvalue weighted by molar-refractivity contribution is 7.92. The molecule has 9 heteroatoms. The molecule has 1 aromatic heterocycles. The Labute approximate surface area is 181 Å². The van der Waals surface area contributed by atoms with E-state index >= 15 is 0 Å². The lowest BCUT2D eigenvalue weighted by atomic mass is 10.2. The highest BCUT2D eigenvalue weighted by atomic mass is 32.2. The molecular formula is C22H25N3O5S. The largest absolute Gasteiger partial charge is 0.490 e. The molecule has 2 aromatic carbocycles. The van der Waals surface area contributed by atoms with E-state index in [0.717, 1.165) is 11.1 Å². The van der Waals surface area contributed by atoms with Gasteiger partial charge in [-0.25, -0.2) is 17.9 Å². The number of ether oxygens (including phenoxy) is 2. The van der Waals surface area contributed by atoms with Crippen LogP contribution in [0, 0.1) is 13.8 Å². The molecule has 3 rings (SSSR count). The molecule has 1 N–H and O–H groups in total. The van der Waals surface area contributed by atoms with Crippen molar-refractivity contribution < 1.29 is 22.7 Å². The molecule has 0 radical (unpaired) electrons. The van der Waals surface area contributed by atoms with Gasteiger partial charge in [0.25, 0.3) is 10.0 Å². The van der Waals surface area contributed by atoms with Crippen LogP contribution >= 0.6 is 0 Å². The molecule has 0 saturated heterocycles. The molecule has 0 spiro atoms. The van der Waals surface area contributed by atoms with Crippen molar-refractivity contribution in [2.75, 3.05) is 11.8 Å². The smallest absolute Gasteiger partial charge is 0.337 e. The van der Waals surface area contributed by atoms with Gasteiger partial charge in [-0.2, -0.15) is 5.10 Å². The molecule has 0 aliphatic rings. The van der Waals surface area contributed by atoms with Gasteiger partial charge in [0.15, 0.2) is 0 Å². The molecule has 0 unspecified atom stereocenters. The zero-order chi connectivity index (χ0) is 22.8. The molecule has 0 bridgehead atoms. The minimum absolute atomic E-state index is 0.00673. The van der Waals surface area contributed by atoms with Crippen LogP contribution in [0.2, 0.25) is 0 Å². The number of methoxy groups -OCH3 is 1. The van der Waals surface area contributed by atoms with Crippen LogP contribution in [-0.2, 0) is 14.8 Å². The maximum atomic E-state index is 13.4. The van der Waals surface area contributed by atoms with E-state index in [0.29, 0.717) is 5.69 Å². The number of carbonyl (C=O) groups is 1. The summed E-state index contributed by atoms with van der Waals surface area (Å²) in [6, 6.07) is 9.55. The third-order valence-corrected chi connectivity index (χ3v) is 5.76. The molecule has 0 aliphatic heterocycles. The van der Waals surface area contributed by atoms with Gasteiger partial charge in [0.2, 0.25) is 0 Å². The monoisotopic (exact) mass is 443 g/mol. The van der Waals surface area contributed by atoms with Gasteiger partial charge in [-0.1, -0.05) is 6.07 Å². The number of anilines is 1. The summed E-state index contributed by atoms with van der Waals surface area (Å²) in [5.74, 6) is -0.336. The number of benzene rings is 2. The van der Waals surface area contributed by atoms with Gasteiger partial charge in [-0.3, -0.25) is 4.72 Å². The van der Waals surface area contributed by atoms with Crippen LogP contribution in [0.25, 0.3) is 5.69 Å². The average Bonchev–Trinajstić information content (AvgIpc) is 3.14. The molecule has 8 nitrogen and oxygen atoms in total. The van der Waals surface area contributed by atoms with Crippen molar-refractivity contribution in [3.8, 4) is 11.4 Å². The number of hydrogen-bond donors (Lipinski definition) is 1. The zero-order valence-corrected chi connectivity index (χ0v) is 18.9. The first-order valence-electron chi connectivity index (χ1n) is 9.65. The lowest BCUT2D eigenvalue weighted by molar-refractivity contribution is 0.0600. The highest BCUT2D eigenvalue weighted by Gasteiger charge is 2.23. The number of esters is 1. The van der Waals surface area contributed by atoms with Crippen LogP contribution in [-0.4, -0.2) is 37.4 Å². The third-order valence-electron chi connectivity index (χ3n) is 4.37. The van der Waals surface area contributed by atoms with Gasteiger partial charge in [0, 0.05) is 6.20 Å². The van der Waals surface area contributed by atoms with Crippen molar-refractivity contribution >= 4 is 21.7 Å². The van der Waals surface area contributed by atoms with Crippen molar-refractivity contribution in [1.29, 1.82) is 0 Å². The molecule has 3 aromatic rings. The Morgan fingerprint density at radius 1 is 1.10 bits per heavy atom. The first kappa shape index (κ1) is 22.4. The second kappa shape index (κ2) is 8.81. The van der Waals surface area contributed by atoms with E-state index in [4.69, 9.17) is 9.47 Å². The molecule has 164 valence electrons. The summed E-state index contributed by atoms with van der Waals surface area (Å²) < 4.78 is 41.3. The molecular weight excluding hydrogens is 418 g/mol. The van der Waals surface area contributed by atoms with Crippen molar-refractivity contribution in [2.24, 2.45) is 0 Å². The summed E-state index contributed by atoms with van der Waals surface area (Å²) in [6.07, 6.45) is 3.20. The lowest BCUT2D eigenvalue weighted by Crippen LogP contribution is -2.18. The van der Waals surface area contributed by atoms with Gasteiger partial charge >= 0.3 is 5.97 Å². The summed E-state index contributed by atoms with van der Waals surface area (Å²) >= 11 is 0. The number of sulfonamides is 1. The number of carbonyl (C=O) groups excluding carboxylic acids is 1. The van der Waals surface area contributed by atoms with Crippen LogP contribution < -0.4 is 9.46 Å². The van der Waals surface area contributed by atoms with E-state index in [2.05, 4.69) is 9.82 Å². The van der Waals surface area contributed by atoms with Crippen molar-refractivity contribution in [1.82, 2.24) is 9.78 Å². The topological polar surface area (TPSA) is 99.5 Å².